The first-order chi connectivity index (χ1) is 10.3. The molecule has 21 heavy (non-hydrogen) atoms. The number of anilines is 1. The number of rotatable bonds is 2. The Labute approximate surface area is 122 Å². The summed E-state index contributed by atoms with van der Waals surface area (Å²) in [5.41, 5.74) is 7.30. The summed E-state index contributed by atoms with van der Waals surface area (Å²) in [6.45, 7) is 2.75. The van der Waals surface area contributed by atoms with E-state index in [1.165, 1.54) is 12.8 Å². The molecule has 2 aliphatic heterocycles. The summed E-state index contributed by atoms with van der Waals surface area (Å²) in [6, 6.07) is 8.02. The average molecular weight is 286 g/mol. The number of fused-ring (bicyclic) bond motifs is 1. The maximum atomic E-state index is 5.90. The van der Waals surface area contributed by atoms with Crippen LogP contribution in [0.1, 0.15) is 24.8 Å². The topological polar surface area (TPSA) is 77.4 Å². The van der Waals surface area contributed by atoms with Crippen LogP contribution < -0.4 is 5.73 Å². The smallest absolute Gasteiger partial charge is 0.258 e. The number of hydrogen-bond donors (Lipinski definition) is 1. The maximum Gasteiger partial charge on any atom is 0.258 e. The Morgan fingerprint density at radius 2 is 2.29 bits per heavy atom. The Morgan fingerprint density at radius 3 is 3.19 bits per heavy atom. The molecule has 2 aliphatic rings. The second kappa shape index (κ2) is 5.13. The predicted octanol–water partition coefficient (Wildman–Crippen LogP) is 1.85. The number of aromatic nitrogens is 2. The van der Waals surface area contributed by atoms with Gasteiger partial charge in [-0.1, -0.05) is 11.2 Å². The van der Waals surface area contributed by atoms with Gasteiger partial charge in [0.25, 0.3) is 5.89 Å². The number of ether oxygens (including phenoxy) is 1. The first-order valence-electron chi connectivity index (χ1n) is 7.35. The molecule has 0 aliphatic carbocycles. The SMILES string of the molecule is Nc1cccc(-c2nc(C3CN4CCCC4CO3)no2)c1. The molecular formula is C15H18N4O2. The van der Waals surface area contributed by atoms with E-state index in [1.807, 2.05) is 24.3 Å². The zero-order valence-corrected chi connectivity index (χ0v) is 11.7. The monoisotopic (exact) mass is 286 g/mol. The average Bonchev–Trinajstić information content (AvgIpc) is 3.15. The number of morpholine rings is 1. The van der Waals surface area contributed by atoms with Crippen LogP contribution in [0, 0.1) is 0 Å². The van der Waals surface area contributed by atoms with Gasteiger partial charge < -0.3 is 15.0 Å². The van der Waals surface area contributed by atoms with Gasteiger partial charge in [0.15, 0.2) is 0 Å². The Balaban J connectivity index is 1.54. The summed E-state index contributed by atoms with van der Waals surface area (Å²) >= 11 is 0. The molecular weight excluding hydrogens is 268 g/mol. The van der Waals surface area contributed by atoms with Crippen molar-refractivity contribution < 1.29 is 9.26 Å². The van der Waals surface area contributed by atoms with Crippen molar-refractivity contribution in [1.29, 1.82) is 0 Å². The molecule has 1 aromatic heterocycles. The fourth-order valence-corrected chi connectivity index (χ4v) is 3.13. The van der Waals surface area contributed by atoms with Crippen molar-refractivity contribution >= 4 is 5.69 Å². The van der Waals surface area contributed by atoms with Crippen LogP contribution in [0.25, 0.3) is 11.5 Å². The highest BCUT2D eigenvalue weighted by Crippen LogP contribution is 2.30. The van der Waals surface area contributed by atoms with E-state index >= 15 is 0 Å². The van der Waals surface area contributed by atoms with E-state index in [9.17, 15) is 0 Å². The van der Waals surface area contributed by atoms with Crippen LogP contribution in [0.15, 0.2) is 28.8 Å². The number of hydrogen-bond acceptors (Lipinski definition) is 6. The lowest BCUT2D eigenvalue weighted by Crippen LogP contribution is -2.42. The van der Waals surface area contributed by atoms with Crippen LogP contribution in [0.2, 0.25) is 0 Å². The molecule has 0 bridgehead atoms. The second-order valence-electron chi connectivity index (χ2n) is 5.70. The molecule has 4 rings (SSSR count). The highest BCUT2D eigenvalue weighted by molar-refractivity contribution is 5.59. The van der Waals surface area contributed by atoms with Gasteiger partial charge in [-0.15, -0.1) is 0 Å². The number of nitrogens with two attached hydrogens (primary N) is 1. The van der Waals surface area contributed by atoms with Gasteiger partial charge in [0.1, 0.15) is 6.10 Å². The van der Waals surface area contributed by atoms with Gasteiger partial charge in [0.2, 0.25) is 5.82 Å². The molecule has 2 N–H and O–H groups in total. The van der Waals surface area contributed by atoms with Gasteiger partial charge in [-0.3, -0.25) is 4.90 Å². The van der Waals surface area contributed by atoms with E-state index in [0.717, 1.165) is 25.3 Å². The fourth-order valence-electron chi connectivity index (χ4n) is 3.13. The lowest BCUT2D eigenvalue weighted by atomic mass is 10.2. The van der Waals surface area contributed by atoms with E-state index < -0.39 is 0 Å². The minimum atomic E-state index is -0.0992. The van der Waals surface area contributed by atoms with Crippen molar-refractivity contribution in [1.82, 2.24) is 15.0 Å². The molecule has 2 aromatic rings. The van der Waals surface area contributed by atoms with Crippen molar-refractivity contribution in [2.45, 2.75) is 25.0 Å². The number of nitrogen functional groups attached to an aromatic ring is 1. The van der Waals surface area contributed by atoms with Crippen molar-refractivity contribution in [3.8, 4) is 11.5 Å². The Morgan fingerprint density at radius 1 is 1.33 bits per heavy atom. The van der Waals surface area contributed by atoms with Gasteiger partial charge in [-0.05, 0) is 37.6 Å². The number of nitrogens with zero attached hydrogens (tertiary/aromatic N) is 3. The molecule has 0 radical (unpaired) electrons. The molecule has 2 unspecified atom stereocenters. The van der Waals surface area contributed by atoms with Gasteiger partial charge in [-0.2, -0.15) is 4.98 Å². The molecule has 2 saturated heterocycles. The highest BCUT2D eigenvalue weighted by atomic mass is 16.5. The standard InChI is InChI=1S/C15H18N4O2/c16-11-4-1-3-10(7-11)15-17-14(18-21-15)13-8-19-6-2-5-12(19)9-20-13/h1,3-4,7,12-13H,2,5-6,8-9,16H2. The van der Waals surface area contributed by atoms with Crippen LogP contribution in [0.4, 0.5) is 5.69 Å². The second-order valence-corrected chi connectivity index (χ2v) is 5.70. The fraction of sp³-hybridized carbons (Fsp3) is 0.467. The first-order valence-corrected chi connectivity index (χ1v) is 7.35. The third-order valence-corrected chi connectivity index (χ3v) is 4.25. The van der Waals surface area contributed by atoms with E-state index in [-0.39, 0.29) is 6.10 Å². The van der Waals surface area contributed by atoms with Gasteiger partial charge >= 0.3 is 0 Å². The summed E-state index contributed by atoms with van der Waals surface area (Å²) < 4.78 is 11.3. The lowest BCUT2D eigenvalue weighted by molar-refractivity contribution is -0.0548. The zero-order chi connectivity index (χ0) is 14.2. The lowest BCUT2D eigenvalue weighted by Gasteiger charge is -2.33. The summed E-state index contributed by atoms with van der Waals surface area (Å²) in [6.07, 6.45) is 2.38. The highest BCUT2D eigenvalue weighted by Gasteiger charge is 2.34. The molecule has 3 heterocycles. The minimum absolute atomic E-state index is 0.0992. The van der Waals surface area contributed by atoms with E-state index in [4.69, 9.17) is 15.0 Å². The summed E-state index contributed by atoms with van der Waals surface area (Å²) in [4.78, 5) is 6.94. The molecule has 6 heteroatoms. The molecule has 110 valence electrons. The van der Waals surface area contributed by atoms with Crippen LogP contribution in [0.3, 0.4) is 0 Å². The summed E-state index contributed by atoms with van der Waals surface area (Å²) in [5, 5.41) is 4.08. The number of benzene rings is 1. The van der Waals surface area contributed by atoms with Crippen LogP contribution in [0.5, 0.6) is 0 Å². The Hall–Kier alpha value is -1.92. The van der Waals surface area contributed by atoms with Crippen molar-refractivity contribution in [2.75, 3.05) is 25.4 Å². The molecule has 2 atom stereocenters. The van der Waals surface area contributed by atoms with Crippen LogP contribution in [-0.2, 0) is 4.74 Å². The van der Waals surface area contributed by atoms with Crippen molar-refractivity contribution in [3.05, 3.63) is 30.1 Å². The molecule has 2 fully saturated rings. The van der Waals surface area contributed by atoms with Gasteiger partial charge in [-0.25, -0.2) is 0 Å². The Bertz CT molecular complexity index is 642. The maximum absolute atomic E-state index is 5.90. The zero-order valence-electron chi connectivity index (χ0n) is 11.7. The van der Waals surface area contributed by atoms with E-state index in [2.05, 4.69) is 15.0 Å². The van der Waals surface area contributed by atoms with Crippen LogP contribution in [-0.4, -0.2) is 40.8 Å². The molecule has 6 nitrogen and oxygen atoms in total. The van der Waals surface area contributed by atoms with E-state index in [1.54, 1.807) is 0 Å². The quantitative estimate of drug-likeness (QED) is 0.849. The van der Waals surface area contributed by atoms with Crippen LogP contribution >= 0.6 is 0 Å². The predicted molar refractivity (Wildman–Crippen MR) is 77.4 cm³/mol. The molecule has 0 spiro atoms. The molecule has 1 aromatic carbocycles. The third kappa shape index (κ3) is 2.41. The molecule has 0 amide bonds. The van der Waals surface area contributed by atoms with Crippen molar-refractivity contribution in [2.24, 2.45) is 0 Å². The third-order valence-electron chi connectivity index (χ3n) is 4.25. The largest absolute Gasteiger partial charge is 0.399 e. The van der Waals surface area contributed by atoms with E-state index in [0.29, 0.717) is 23.4 Å². The first kappa shape index (κ1) is 12.8. The normalized spacial score (nSPS) is 25.9. The summed E-state index contributed by atoms with van der Waals surface area (Å²) in [5.74, 6) is 1.11. The minimum Gasteiger partial charge on any atom is -0.399 e. The van der Waals surface area contributed by atoms with Crippen molar-refractivity contribution in [3.63, 3.8) is 0 Å². The van der Waals surface area contributed by atoms with Gasteiger partial charge in [0.05, 0.1) is 6.61 Å². The van der Waals surface area contributed by atoms with Gasteiger partial charge in [0, 0.05) is 23.8 Å². The molecule has 0 saturated carbocycles. The Kier molecular flexibility index (Phi) is 3.12. The summed E-state index contributed by atoms with van der Waals surface area (Å²) in [7, 11) is 0.